The van der Waals surface area contributed by atoms with E-state index in [0.717, 1.165) is 32.0 Å². The molecule has 1 aliphatic carbocycles. The van der Waals surface area contributed by atoms with Gasteiger partial charge in [-0.3, -0.25) is 4.79 Å². The van der Waals surface area contributed by atoms with E-state index in [0.29, 0.717) is 12.2 Å². The van der Waals surface area contributed by atoms with E-state index < -0.39 is 0 Å². The second kappa shape index (κ2) is 3.16. The number of carbonyl (C=O) groups is 2. The summed E-state index contributed by atoms with van der Waals surface area (Å²) in [6.07, 6.45) is 4.87. The van der Waals surface area contributed by atoms with Gasteiger partial charge in [-0.1, -0.05) is 6.92 Å². The van der Waals surface area contributed by atoms with Crippen LogP contribution in [-0.4, -0.2) is 12.1 Å². The summed E-state index contributed by atoms with van der Waals surface area (Å²) < 4.78 is 0. The summed E-state index contributed by atoms with van der Waals surface area (Å²) in [5, 5.41) is 0. The van der Waals surface area contributed by atoms with E-state index in [1.807, 2.05) is 6.92 Å². The SMILES string of the molecule is CC1(CCC=O)CCCC1=O. The van der Waals surface area contributed by atoms with Crippen molar-refractivity contribution < 1.29 is 9.59 Å². The van der Waals surface area contributed by atoms with Gasteiger partial charge in [-0.05, 0) is 19.3 Å². The van der Waals surface area contributed by atoms with Gasteiger partial charge in [-0.15, -0.1) is 0 Å². The fourth-order valence-electron chi connectivity index (χ4n) is 1.72. The first-order valence-corrected chi connectivity index (χ1v) is 4.16. The lowest BCUT2D eigenvalue weighted by atomic mass is 9.83. The van der Waals surface area contributed by atoms with Crippen molar-refractivity contribution in [1.82, 2.24) is 0 Å². The summed E-state index contributed by atoms with van der Waals surface area (Å²) >= 11 is 0. The van der Waals surface area contributed by atoms with Crippen LogP contribution in [0.4, 0.5) is 0 Å². The van der Waals surface area contributed by atoms with Gasteiger partial charge in [0.1, 0.15) is 12.1 Å². The lowest BCUT2D eigenvalue weighted by molar-refractivity contribution is -0.125. The number of hydrogen-bond donors (Lipinski definition) is 0. The maximum atomic E-state index is 11.3. The van der Waals surface area contributed by atoms with E-state index >= 15 is 0 Å². The molecule has 0 aromatic carbocycles. The molecule has 0 bridgehead atoms. The maximum absolute atomic E-state index is 11.3. The summed E-state index contributed by atoms with van der Waals surface area (Å²) in [6, 6.07) is 0. The lowest BCUT2D eigenvalue weighted by Gasteiger charge is -2.19. The van der Waals surface area contributed by atoms with E-state index in [-0.39, 0.29) is 5.41 Å². The average molecular weight is 154 g/mol. The normalized spacial score (nSPS) is 30.8. The van der Waals surface area contributed by atoms with Crippen molar-refractivity contribution in [3.05, 3.63) is 0 Å². The summed E-state index contributed by atoms with van der Waals surface area (Å²) in [5.41, 5.74) is -0.166. The van der Waals surface area contributed by atoms with Crippen LogP contribution >= 0.6 is 0 Å². The standard InChI is InChI=1S/C9H14O2/c1-9(6-3-7-10)5-2-4-8(9)11/h7H,2-6H2,1H3. The van der Waals surface area contributed by atoms with Crippen LogP contribution in [0.25, 0.3) is 0 Å². The molecule has 1 fully saturated rings. The number of carbonyl (C=O) groups excluding carboxylic acids is 2. The zero-order valence-corrected chi connectivity index (χ0v) is 6.93. The molecule has 0 N–H and O–H groups in total. The first-order valence-electron chi connectivity index (χ1n) is 4.16. The second-order valence-electron chi connectivity index (χ2n) is 3.54. The van der Waals surface area contributed by atoms with Crippen molar-refractivity contribution in [2.24, 2.45) is 5.41 Å². The number of rotatable bonds is 3. The van der Waals surface area contributed by atoms with Crippen LogP contribution in [0.1, 0.15) is 39.0 Å². The van der Waals surface area contributed by atoms with Gasteiger partial charge in [0.15, 0.2) is 0 Å². The predicted molar refractivity (Wildman–Crippen MR) is 42.3 cm³/mol. The molecule has 0 radical (unpaired) electrons. The van der Waals surface area contributed by atoms with Crippen molar-refractivity contribution in [3.8, 4) is 0 Å². The summed E-state index contributed by atoms with van der Waals surface area (Å²) in [6.45, 7) is 1.98. The van der Waals surface area contributed by atoms with Crippen LogP contribution in [0.15, 0.2) is 0 Å². The molecule has 11 heavy (non-hydrogen) atoms. The molecule has 1 aliphatic rings. The molecule has 2 heteroatoms. The zero-order valence-electron chi connectivity index (χ0n) is 6.93. The van der Waals surface area contributed by atoms with Gasteiger partial charge in [0.05, 0.1) is 0 Å². The minimum Gasteiger partial charge on any atom is -0.303 e. The van der Waals surface area contributed by atoms with E-state index in [1.165, 1.54) is 0 Å². The molecular weight excluding hydrogens is 140 g/mol. The van der Waals surface area contributed by atoms with E-state index in [1.54, 1.807) is 0 Å². The Bertz CT molecular complexity index is 174. The van der Waals surface area contributed by atoms with Gasteiger partial charge in [0, 0.05) is 18.3 Å². The smallest absolute Gasteiger partial charge is 0.138 e. The molecule has 0 heterocycles. The van der Waals surface area contributed by atoms with Crippen LogP contribution in [0.2, 0.25) is 0 Å². The fourth-order valence-corrected chi connectivity index (χ4v) is 1.72. The van der Waals surface area contributed by atoms with Crippen molar-refractivity contribution in [2.45, 2.75) is 39.0 Å². The van der Waals surface area contributed by atoms with Crippen LogP contribution in [0.3, 0.4) is 0 Å². The van der Waals surface area contributed by atoms with Crippen LogP contribution in [0, 0.1) is 5.41 Å². The maximum Gasteiger partial charge on any atom is 0.138 e. The van der Waals surface area contributed by atoms with Crippen molar-refractivity contribution >= 4 is 12.1 Å². The Labute approximate surface area is 67.0 Å². The number of aldehydes is 1. The third-order valence-corrected chi connectivity index (χ3v) is 2.62. The predicted octanol–water partition coefficient (Wildman–Crippen LogP) is 1.72. The summed E-state index contributed by atoms with van der Waals surface area (Å²) in [4.78, 5) is 21.4. The highest BCUT2D eigenvalue weighted by molar-refractivity contribution is 5.86. The summed E-state index contributed by atoms with van der Waals surface area (Å²) in [5.74, 6) is 0.347. The first kappa shape index (κ1) is 8.44. The molecule has 0 aromatic rings. The van der Waals surface area contributed by atoms with Crippen LogP contribution in [-0.2, 0) is 9.59 Å². The molecule has 1 rings (SSSR count). The number of ketones is 1. The third-order valence-electron chi connectivity index (χ3n) is 2.62. The largest absolute Gasteiger partial charge is 0.303 e. The second-order valence-corrected chi connectivity index (χ2v) is 3.54. The Hall–Kier alpha value is -0.660. The van der Waals surface area contributed by atoms with Crippen molar-refractivity contribution in [2.75, 3.05) is 0 Å². The highest BCUT2D eigenvalue weighted by Gasteiger charge is 2.36. The molecule has 1 saturated carbocycles. The van der Waals surface area contributed by atoms with Crippen LogP contribution < -0.4 is 0 Å². The van der Waals surface area contributed by atoms with Crippen LogP contribution in [0.5, 0.6) is 0 Å². The minimum atomic E-state index is -0.166. The Morgan fingerprint density at radius 1 is 1.64 bits per heavy atom. The van der Waals surface area contributed by atoms with E-state index in [2.05, 4.69) is 0 Å². The molecule has 0 aliphatic heterocycles. The molecule has 0 saturated heterocycles. The van der Waals surface area contributed by atoms with Gasteiger partial charge in [0.25, 0.3) is 0 Å². The minimum absolute atomic E-state index is 0.166. The molecule has 0 spiro atoms. The van der Waals surface area contributed by atoms with E-state index in [9.17, 15) is 9.59 Å². The molecular formula is C9H14O2. The quantitative estimate of drug-likeness (QED) is 0.580. The zero-order chi connectivity index (χ0) is 8.32. The molecule has 0 aromatic heterocycles. The van der Waals surface area contributed by atoms with Crippen molar-refractivity contribution in [1.29, 1.82) is 0 Å². The van der Waals surface area contributed by atoms with Gasteiger partial charge in [0.2, 0.25) is 0 Å². The monoisotopic (exact) mass is 154 g/mol. The molecule has 2 nitrogen and oxygen atoms in total. The highest BCUT2D eigenvalue weighted by atomic mass is 16.1. The molecule has 62 valence electrons. The van der Waals surface area contributed by atoms with Gasteiger partial charge in [-0.25, -0.2) is 0 Å². The van der Waals surface area contributed by atoms with Gasteiger partial charge >= 0.3 is 0 Å². The highest BCUT2D eigenvalue weighted by Crippen LogP contribution is 2.37. The van der Waals surface area contributed by atoms with Crippen molar-refractivity contribution in [3.63, 3.8) is 0 Å². The third kappa shape index (κ3) is 1.67. The number of hydrogen-bond acceptors (Lipinski definition) is 2. The Balaban J connectivity index is 2.50. The number of Topliss-reactive ketones (excluding diaryl/α,β-unsaturated/α-hetero) is 1. The van der Waals surface area contributed by atoms with Gasteiger partial charge in [-0.2, -0.15) is 0 Å². The Morgan fingerprint density at radius 3 is 2.82 bits per heavy atom. The fraction of sp³-hybridized carbons (Fsp3) is 0.778. The van der Waals surface area contributed by atoms with E-state index in [4.69, 9.17) is 0 Å². The Kier molecular flexibility index (Phi) is 2.42. The Morgan fingerprint density at radius 2 is 2.36 bits per heavy atom. The average Bonchev–Trinajstić information content (AvgIpc) is 2.30. The molecule has 1 atom stereocenters. The summed E-state index contributed by atoms with van der Waals surface area (Å²) in [7, 11) is 0. The molecule has 0 amide bonds. The first-order chi connectivity index (χ1) is 5.19. The van der Waals surface area contributed by atoms with Gasteiger partial charge < -0.3 is 4.79 Å². The lowest BCUT2D eigenvalue weighted by Crippen LogP contribution is -2.21. The topological polar surface area (TPSA) is 34.1 Å². The molecule has 1 unspecified atom stereocenters.